The van der Waals surface area contributed by atoms with Gasteiger partial charge in [-0.2, -0.15) is 0 Å². The molecule has 0 aliphatic heterocycles. The van der Waals surface area contributed by atoms with Crippen LogP contribution in [0.25, 0.3) is 0 Å². The van der Waals surface area contributed by atoms with Crippen LogP contribution in [0.5, 0.6) is 5.75 Å². The summed E-state index contributed by atoms with van der Waals surface area (Å²) in [5.74, 6) is 0.245. The zero-order valence-corrected chi connectivity index (χ0v) is 7.31. The van der Waals surface area contributed by atoms with Gasteiger partial charge in [0.2, 0.25) is 0 Å². The van der Waals surface area contributed by atoms with E-state index in [0.717, 1.165) is 0 Å². The minimum absolute atomic E-state index is 0.0559. The third-order valence-corrected chi connectivity index (χ3v) is 1.63. The van der Waals surface area contributed by atoms with Gasteiger partial charge in [-0.15, -0.1) is 0 Å². The normalized spacial score (nSPS) is 10.7. The maximum absolute atomic E-state index is 10.4. The zero-order chi connectivity index (χ0) is 9.84. The molecule has 6 nitrogen and oxygen atoms in total. The molecule has 13 heavy (non-hydrogen) atoms. The van der Waals surface area contributed by atoms with Crippen molar-refractivity contribution in [1.29, 1.82) is 0 Å². The largest absolute Gasteiger partial charge is 0.660 e. The fourth-order valence-electron chi connectivity index (χ4n) is 0.733. The van der Waals surface area contributed by atoms with Gasteiger partial charge in [0.1, 0.15) is 0 Å². The smallest absolute Gasteiger partial charge is 0.258 e. The van der Waals surface area contributed by atoms with Crippen molar-refractivity contribution in [1.82, 2.24) is 0 Å². The van der Waals surface area contributed by atoms with Gasteiger partial charge in [-0.3, -0.25) is 10.1 Å². The summed E-state index contributed by atoms with van der Waals surface area (Å²) < 4.78 is 15.0. The molecule has 0 saturated heterocycles. The van der Waals surface area contributed by atoms with E-state index in [0.29, 0.717) is 0 Å². The second-order valence-electron chi connectivity index (χ2n) is 2.13. The van der Waals surface area contributed by atoms with Gasteiger partial charge in [-0.25, -0.2) is 4.52 Å². The summed E-state index contributed by atoms with van der Waals surface area (Å²) >= 11 is 0. The lowest BCUT2D eigenvalue weighted by Gasteiger charge is -1.91. The van der Waals surface area contributed by atoms with E-state index in [-0.39, 0.29) is 11.4 Å². The van der Waals surface area contributed by atoms with E-state index in [1.807, 2.05) is 0 Å². The standard InChI is InChI=1S/C6H6N2O4P/c7-13(11)12-6-3-1-5(2-4-6)8(9)10/h1-4H,(H2,7,11)/q+1. The highest BCUT2D eigenvalue weighted by atomic mass is 31.1. The van der Waals surface area contributed by atoms with E-state index >= 15 is 0 Å². The molecule has 1 unspecified atom stereocenters. The first kappa shape index (κ1) is 9.57. The highest BCUT2D eigenvalue weighted by Gasteiger charge is 2.12. The van der Waals surface area contributed by atoms with Crippen LogP contribution in [0.3, 0.4) is 0 Å². The van der Waals surface area contributed by atoms with E-state index < -0.39 is 13.1 Å². The molecule has 0 aromatic heterocycles. The average molecular weight is 201 g/mol. The minimum Gasteiger partial charge on any atom is -0.258 e. The van der Waals surface area contributed by atoms with Gasteiger partial charge in [0.25, 0.3) is 5.69 Å². The van der Waals surface area contributed by atoms with Crippen LogP contribution in [0.4, 0.5) is 5.69 Å². The van der Waals surface area contributed by atoms with E-state index in [1.54, 1.807) is 0 Å². The van der Waals surface area contributed by atoms with Crippen molar-refractivity contribution in [2.45, 2.75) is 0 Å². The van der Waals surface area contributed by atoms with Crippen LogP contribution < -0.4 is 10.0 Å². The summed E-state index contributed by atoms with van der Waals surface area (Å²) in [5, 5.41) is 10.2. The second kappa shape index (κ2) is 3.93. The molecule has 0 saturated carbocycles. The number of nitro benzene ring substituents is 1. The summed E-state index contributed by atoms with van der Waals surface area (Å²) in [6, 6.07) is 5.15. The Hall–Kier alpha value is -1.52. The Morgan fingerprint density at radius 2 is 1.92 bits per heavy atom. The SMILES string of the molecule is N[P+](=O)Oc1ccc([N+](=O)[O-])cc1. The average Bonchev–Trinajstić information content (AvgIpc) is 2.04. The molecule has 0 radical (unpaired) electrons. The Morgan fingerprint density at radius 1 is 1.38 bits per heavy atom. The lowest BCUT2D eigenvalue weighted by Crippen LogP contribution is -1.90. The quantitative estimate of drug-likeness (QED) is 0.455. The summed E-state index contributed by atoms with van der Waals surface area (Å²) in [7, 11) is -2.22. The fraction of sp³-hybridized carbons (Fsp3) is 0. The summed E-state index contributed by atoms with van der Waals surface area (Å²) in [5.41, 5.74) is 4.82. The van der Waals surface area contributed by atoms with E-state index in [2.05, 4.69) is 4.52 Å². The van der Waals surface area contributed by atoms with Crippen molar-refractivity contribution in [3.05, 3.63) is 34.4 Å². The second-order valence-corrected chi connectivity index (χ2v) is 2.88. The van der Waals surface area contributed by atoms with Crippen LogP contribution in [0.15, 0.2) is 24.3 Å². The topological polar surface area (TPSA) is 95.5 Å². The first-order valence-electron chi connectivity index (χ1n) is 3.24. The molecule has 0 spiro atoms. The summed E-state index contributed by atoms with van der Waals surface area (Å²) in [6.07, 6.45) is 0. The maximum atomic E-state index is 10.4. The Bertz CT molecular complexity index is 337. The van der Waals surface area contributed by atoms with E-state index in [1.165, 1.54) is 24.3 Å². The van der Waals surface area contributed by atoms with Crippen LogP contribution >= 0.6 is 8.18 Å². The van der Waals surface area contributed by atoms with Crippen molar-refractivity contribution in [2.24, 2.45) is 5.50 Å². The van der Waals surface area contributed by atoms with E-state index in [9.17, 15) is 14.7 Å². The summed E-state index contributed by atoms with van der Waals surface area (Å²) in [6.45, 7) is 0. The fourth-order valence-corrected chi connectivity index (χ4v) is 1.06. The predicted octanol–water partition coefficient (Wildman–Crippen LogP) is 1.59. The molecule has 0 aliphatic carbocycles. The summed E-state index contributed by atoms with van der Waals surface area (Å²) in [4.78, 5) is 9.68. The number of hydrogen-bond acceptors (Lipinski definition) is 4. The van der Waals surface area contributed by atoms with Crippen molar-refractivity contribution in [2.75, 3.05) is 0 Å². The number of nitrogens with two attached hydrogens (primary N) is 1. The number of non-ortho nitro benzene ring substituents is 1. The molecule has 68 valence electrons. The van der Waals surface area contributed by atoms with Crippen molar-refractivity contribution >= 4 is 13.9 Å². The van der Waals surface area contributed by atoms with Gasteiger partial charge in [0, 0.05) is 16.7 Å². The van der Waals surface area contributed by atoms with Crippen LogP contribution in [0.1, 0.15) is 0 Å². The van der Waals surface area contributed by atoms with Crippen LogP contribution in [0.2, 0.25) is 0 Å². The zero-order valence-electron chi connectivity index (χ0n) is 6.41. The molecular formula is C6H6N2O4P+. The van der Waals surface area contributed by atoms with E-state index in [4.69, 9.17) is 5.50 Å². The highest BCUT2D eigenvalue weighted by Crippen LogP contribution is 2.22. The number of hydrogen-bond donors (Lipinski definition) is 1. The number of nitro groups is 1. The maximum Gasteiger partial charge on any atom is 0.660 e. The Balaban J connectivity index is 2.81. The van der Waals surface area contributed by atoms with Gasteiger partial charge in [-0.05, 0) is 12.1 Å². The Labute approximate surface area is 74.4 Å². The predicted molar refractivity (Wildman–Crippen MR) is 45.5 cm³/mol. The lowest BCUT2D eigenvalue weighted by molar-refractivity contribution is -0.384. The van der Waals surface area contributed by atoms with Crippen LogP contribution in [-0.4, -0.2) is 4.92 Å². The first-order chi connectivity index (χ1) is 6.09. The highest BCUT2D eigenvalue weighted by molar-refractivity contribution is 7.36. The molecule has 0 bridgehead atoms. The van der Waals surface area contributed by atoms with Crippen molar-refractivity contribution < 1.29 is 14.0 Å². The molecule has 1 rings (SSSR count). The van der Waals surface area contributed by atoms with Gasteiger partial charge >= 0.3 is 8.18 Å². The molecular weight excluding hydrogens is 195 g/mol. The molecule has 0 heterocycles. The Kier molecular flexibility index (Phi) is 2.89. The van der Waals surface area contributed by atoms with Gasteiger partial charge < -0.3 is 0 Å². The van der Waals surface area contributed by atoms with Crippen LogP contribution in [-0.2, 0) is 4.57 Å². The third-order valence-electron chi connectivity index (χ3n) is 1.24. The molecule has 1 aromatic carbocycles. The third kappa shape index (κ3) is 2.77. The van der Waals surface area contributed by atoms with Crippen molar-refractivity contribution in [3.63, 3.8) is 0 Å². The molecule has 0 amide bonds. The minimum atomic E-state index is -2.22. The molecule has 7 heteroatoms. The molecule has 0 aliphatic rings. The monoisotopic (exact) mass is 201 g/mol. The molecule has 0 fully saturated rings. The number of rotatable bonds is 3. The number of nitrogens with zero attached hydrogens (tertiary/aromatic N) is 1. The van der Waals surface area contributed by atoms with Crippen LogP contribution in [0, 0.1) is 10.1 Å². The first-order valence-corrected chi connectivity index (χ1v) is 4.48. The molecule has 1 aromatic rings. The van der Waals surface area contributed by atoms with Gasteiger partial charge in [-0.1, -0.05) is 5.50 Å². The number of benzene rings is 1. The molecule has 2 N–H and O–H groups in total. The van der Waals surface area contributed by atoms with Gasteiger partial charge in [0.05, 0.1) is 4.92 Å². The molecule has 1 atom stereocenters. The Morgan fingerprint density at radius 3 is 2.31 bits per heavy atom. The van der Waals surface area contributed by atoms with Gasteiger partial charge in [0.15, 0.2) is 5.75 Å². The van der Waals surface area contributed by atoms with Crippen molar-refractivity contribution in [3.8, 4) is 5.75 Å². The lowest BCUT2D eigenvalue weighted by atomic mass is 10.3.